The Labute approximate surface area is 153 Å². The normalized spacial score (nSPS) is 12.1. The lowest BCUT2D eigenvalue weighted by molar-refractivity contribution is 0.425. The molecule has 0 radical (unpaired) electrons. The second-order valence-corrected chi connectivity index (χ2v) is 6.78. The molecule has 6 rings (SSSR count). The molecule has 27 heavy (non-hydrogen) atoms. The first kappa shape index (κ1) is 14.8. The molecule has 4 nitrogen and oxygen atoms in total. The molecule has 6 aromatic rings. The van der Waals surface area contributed by atoms with E-state index in [4.69, 9.17) is 8.83 Å². The predicted octanol–water partition coefficient (Wildman–Crippen LogP) is 4.32. The van der Waals surface area contributed by atoms with Gasteiger partial charge in [-0.1, -0.05) is 48.5 Å². The summed E-state index contributed by atoms with van der Waals surface area (Å²) in [5.41, 5.74) is 3.20. The first-order chi connectivity index (χ1) is 13.2. The third-order valence-corrected chi connectivity index (χ3v) is 5.27. The molecule has 0 bridgehead atoms. The summed E-state index contributed by atoms with van der Waals surface area (Å²) in [6.07, 6.45) is 0. The fourth-order valence-electron chi connectivity index (χ4n) is 4.14. The van der Waals surface area contributed by atoms with Gasteiger partial charge < -0.3 is 18.9 Å². The summed E-state index contributed by atoms with van der Waals surface area (Å²) in [4.78, 5) is 0. The van der Waals surface area contributed by atoms with Crippen LogP contribution in [0, 0.1) is 0 Å². The summed E-state index contributed by atoms with van der Waals surface area (Å²) in [7, 11) is -1.62. The molecule has 0 saturated heterocycles. The molecule has 0 aliphatic heterocycles. The van der Waals surface area contributed by atoms with E-state index in [-0.39, 0.29) is 0 Å². The maximum Gasteiger partial charge on any atom is 0.492 e. The Bertz CT molecular complexity index is 1510. The Hall–Kier alpha value is -3.28. The Balaban J connectivity index is 2.00. The summed E-state index contributed by atoms with van der Waals surface area (Å²) < 4.78 is 12.1. The van der Waals surface area contributed by atoms with E-state index in [9.17, 15) is 10.0 Å². The fourth-order valence-corrected chi connectivity index (χ4v) is 4.14. The van der Waals surface area contributed by atoms with Gasteiger partial charge in [0.1, 0.15) is 22.3 Å². The number of rotatable bonds is 1. The molecular formula is C22H13BO4. The maximum absolute atomic E-state index is 9.93. The van der Waals surface area contributed by atoms with Crippen LogP contribution in [0.25, 0.3) is 54.6 Å². The van der Waals surface area contributed by atoms with Gasteiger partial charge in [0.25, 0.3) is 0 Å². The number of furan rings is 2. The van der Waals surface area contributed by atoms with Crippen molar-refractivity contribution in [1.82, 2.24) is 0 Å². The molecule has 0 saturated carbocycles. The highest BCUT2D eigenvalue weighted by Crippen LogP contribution is 2.41. The lowest BCUT2D eigenvalue weighted by Crippen LogP contribution is -2.30. The van der Waals surface area contributed by atoms with E-state index in [2.05, 4.69) is 0 Å². The number of hydrogen-bond donors (Lipinski definition) is 2. The van der Waals surface area contributed by atoms with E-state index < -0.39 is 7.12 Å². The van der Waals surface area contributed by atoms with Crippen molar-refractivity contribution < 1.29 is 18.9 Å². The Morgan fingerprint density at radius 2 is 1.30 bits per heavy atom. The molecule has 0 spiro atoms. The quantitative estimate of drug-likeness (QED) is 0.433. The number of fused-ring (bicyclic) bond motifs is 9. The molecular weight excluding hydrogens is 339 g/mol. The maximum atomic E-state index is 9.93. The smallest absolute Gasteiger partial charge is 0.456 e. The highest BCUT2D eigenvalue weighted by Gasteiger charge is 2.24. The molecule has 0 aliphatic rings. The highest BCUT2D eigenvalue weighted by atomic mass is 16.4. The Kier molecular flexibility index (Phi) is 2.82. The Morgan fingerprint density at radius 1 is 0.630 bits per heavy atom. The molecule has 0 amide bonds. The second kappa shape index (κ2) is 5.13. The first-order valence-electron chi connectivity index (χ1n) is 8.76. The van der Waals surface area contributed by atoms with Gasteiger partial charge in [0.2, 0.25) is 0 Å². The topological polar surface area (TPSA) is 66.7 Å². The molecule has 0 unspecified atom stereocenters. The molecule has 2 heterocycles. The van der Waals surface area contributed by atoms with Crippen LogP contribution in [0.3, 0.4) is 0 Å². The van der Waals surface area contributed by atoms with Gasteiger partial charge in [0, 0.05) is 32.4 Å². The fraction of sp³-hybridized carbons (Fsp3) is 0. The van der Waals surface area contributed by atoms with Crippen LogP contribution in [0.15, 0.2) is 75.6 Å². The minimum absolute atomic E-state index is 0.362. The summed E-state index contributed by atoms with van der Waals surface area (Å²) >= 11 is 0. The van der Waals surface area contributed by atoms with Crippen LogP contribution in [0.2, 0.25) is 0 Å². The molecule has 0 aliphatic carbocycles. The lowest BCUT2D eigenvalue weighted by atomic mass is 9.77. The monoisotopic (exact) mass is 352 g/mol. The van der Waals surface area contributed by atoms with E-state index in [1.807, 2.05) is 60.7 Å². The van der Waals surface area contributed by atoms with Crippen molar-refractivity contribution in [3.05, 3.63) is 66.7 Å². The molecule has 2 aromatic heterocycles. The average molecular weight is 352 g/mol. The van der Waals surface area contributed by atoms with Crippen molar-refractivity contribution in [2.24, 2.45) is 0 Å². The zero-order chi connectivity index (χ0) is 18.1. The van der Waals surface area contributed by atoms with Crippen LogP contribution < -0.4 is 5.46 Å². The number of hydrogen-bond acceptors (Lipinski definition) is 4. The standard InChI is InChI=1S/C22H13BO4/c24-23(25)15-11-12-9-10-18-20(13-5-1-3-7-16(13)26-18)19(12)21-14-6-2-4-8-17(14)27-22(15)21/h1-11,24-25H. The van der Waals surface area contributed by atoms with Gasteiger partial charge in [-0.05, 0) is 23.6 Å². The average Bonchev–Trinajstić information content (AvgIpc) is 3.25. The van der Waals surface area contributed by atoms with Crippen LogP contribution in [-0.2, 0) is 0 Å². The van der Waals surface area contributed by atoms with Crippen molar-refractivity contribution in [3.63, 3.8) is 0 Å². The summed E-state index contributed by atoms with van der Waals surface area (Å²) in [5, 5.41) is 25.6. The molecule has 0 fully saturated rings. The predicted molar refractivity (Wildman–Crippen MR) is 108 cm³/mol. The van der Waals surface area contributed by atoms with E-state index in [1.54, 1.807) is 6.07 Å². The van der Waals surface area contributed by atoms with Gasteiger partial charge in [0.15, 0.2) is 0 Å². The van der Waals surface area contributed by atoms with Crippen LogP contribution >= 0.6 is 0 Å². The molecule has 0 atom stereocenters. The van der Waals surface area contributed by atoms with Crippen LogP contribution in [0.1, 0.15) is 0 Å². The molecule has 2 N–H and O–H groups in total. The van der Waals surface area contributed by atoms with Crippen LogP contribution in [0.5, 0.6) is 0 Å². The zero-order valence-electron chi connectivity index (χ0n) is 14.1. The Morgan fingerprint density at radius 3 is 2.04 bits per heavy atom. The summed E-state index contributed by atoms with van der Waals surface area (Å²) in [6, 6.07) is 21.4. The van der Waals surface area contributed by atoms with Gasteiger partial charge in [-0.25, -0.2) is 0 Å². The molecule has 128 valence electrons. The minimum Gasteiger partial charge on any atom is -0.456 e. The molecule has 4 aromatic carbocycles. The van der Waals surface area contributed by atoms with E-state index >= 15 is 0 Å². The zero-order valence-corrected chi connectivity index (χ0v) is 14.1. The van der Waals surface area contributed by atoms with Gasteiger partial charge in [0.05, 0.1) is 0 Å². The van der Waals surface area contributed by atoms with E-state index in [1.165, 1.54) is 0 Å². The summed E-state index contributed by atoms with van der Waals surface area (Å²) in [6.45, 7) is 0. The number of para-hydroxylation sites is 2. The lowest BCUT2D eigenvalue weighted by Gasteiger charge is -2.07. The largest absolute Gasteiger partial charge is 0.492 e. The first-order valence-corrected chi connectivity index (χ1v) is 8.76. The minimum atomic E-state index is -1.62. The van der Waals surface area contributed by atoms with Gasteiger partial charge in [-0.15, -0.1) is 0 Å². The SMILES string of the molecule is OB(O)c1cc2ccc3oc4ccccc4c3c2c2c1oc1ccccc12. The van der Waals surface area contributed by atoms with Gasteiger partial charge in [-0.3, -0.25) is 0 Å². The molecule has 5 heteroatoms. The van der Waals surface area contributed by atoms with E-state index in [0.717, 1.165) is 43.5 Å². The van der Waals surface area contributed by atoms with E-state index in [0.29, 0.717) is 16.6 Å². The third kappa shape index (κ3) is 1.90. The van der Waals surface area contributed by atoms with Crippen molar-refractivity contribution in [1.29, 1.82) is 0 Å². The van der Waals surface area contributed by atoms with Gasteiger partial charge in [-0.2, -0.15) is 0 Å². The van der Waals surface area contributed by atoms with Crippen molar-refractivity contribution in [2.75, 3.05) is 0 Å². The number of benzene rings is 4. The van der Waals surface area contributed by atoms with Crippen molar-refractivity contribution in [3.8, 4) is 0 Å². The van der Waals surface area contributed by atoms with Crippen molar-refractivity contribution >= 4 is 67.2 Å². The van der Waals surface area contributed by atoms with Crippen LogP contribution in [0.4, 0.5) is 0 Å². The van der Waals surface area contributed by atoms with Gasteiger partial charge >= 0.3 is 7.12 Å². The highest BCUT2D eigenvalue weighted by molar-refractivity contribution is 6.63. The third-order valence-electron chi connectivity index (χ3n) is 5.27. The van der Waals surface area contributed by atoms with Crippen LogP contribution in [-0.4, -0.2) is 17.2 Å². The second-order valence-electron chi connectivity index (χ2n) is 6.78. The van der Waals surface area contributed by atoms with Crippen molar-refractivity contribution in [2.45, 2.75) is 0 Å². The summed E-state index contributed by atoms with van der Waals surface area (Å²) in [5.74, 6) is 0.